The molecule has 1 amide bonds. The van der Waals surface area contributed by atoms with Gasteiger partial charge in [0.1, 0.15) is 5.82 Å². The molecule has 0 aliphatic heterocycles. The monoisotopic (exact) mass is 307 g/mol. The number of methoxy groups -OCH3 is 1. The molecule has 0 bridgehead atoms. The molecule has 0 saturated carbocycles. The highest BCUT2D eigenvalue weighted by atomic mass is 19.1. The van der Waals surface area contributed by atoms with E-state index in [9.17, 15) is 9.18 Å². The van der Waals surface area contributed by atoms with Crippen LogP contribution in [0.25, 0.3) is 11.4 Å². The summed E-state index contributed by atoms with van der Waals surface area (Å²) in [7, 11) is 1.62. The van der Waals surface area contributed by atoms with Gasteiger partial charge in [0.15, 0.2) is 0 Å². The molecule has 7 heteroatoms. The van der Waals surface area contributed by atoms with Crippen LogP contribution in [-0.4, -0.2) is 36.3 Å². The molecule has 0 aliphatic rings. The van der Waals surface area contributed by atoms with E-state index < -0.39 is 0 Å². The summed E-state index contributed by atoms with van der Waals surface area (Å²) in [5.74, 6) is 0.224. The lowest BCUT2D eigenvalue weighted by Crippen LogP contribution is -2.25. The van der Waals surface area contributed by atoms with Gasteiger partial charge in [0.05, 0.1) is 0 Å². The topological polar surface area (TPSA) is 77.2 Å². The third-order valence-corrected chi connectivity index (χ3v) is 2.96. The van der Waals surface area contributed by atoms with Crippen molar-refractivity contribution in [3.05, 3.63) is 36.0 Å². The molecule has 2 aromatic rings. The van der Waals surface area contributed by atoms with Gasteiger partial charge < -0.3 is 14.6 Å². The highest BCUT2D eigenvalue weighted by Crippen LogP contribution is 2.17. The Hall–Kier alpha value is -2.28. The molecule has 1 aromatic heterocycles. The van der Waals surface area contributed by atoms with Crippen LogP contribution in [0.2, 0.25) is 0 Å². The fourth-order valence-electron chi connectivity index (χ4n) is 1.85. The summed E-state index contributed by atoms with van der Waals surface area (Å²) in [6.45, 7) is 1.19. The van der Waals surface area contributed by atoms with Crippen molar-refractivity contribution in [1.29, 1.82) is 0 Å². The number of aryl methyl sites for hydroxylation is 1. The number of amides is 1. The number of hydrogen-bond donors (Lipinski definition) is 1. The first-order valence-electron chi connectivity index (χ1n) is 7.03. The van der Waals surface area contributed by atoms with Crippen LogP contribution in [-0.2, 0) is 16.0 Å². The molecule has 0 radical (unpaired) electrons. The Morgan fingerprint density at radius 1 is 1.45 bits per heavy atom. The average molecular weight is 307 g/mol. The van der Waals surface area contributed by atoms with Crippen LogP contribution in [0.4, 0.5) is 4.39 Å². The zero-order valence-corrected chi connectivity index (χ0v) is 12.3. The molecule has 1 heterocycles. The van der Waals surface area contributed by atoms with Gasteiger partial charge in [-0.3, -0.25) is 4.79 Å². The standard InChI is InChI=1S/C15H18FN3O3/c1-21-9-3-8-17-13(20)6-7-14-18-15(19-22-14)11-4-2-5-12(16)10-11/h2,4-5,10H,3,6-9H2,1H3,(H,17,20). The molecule has 1 aromatic carbocycles. The van der Waals surface area contributed by atoms with Crippen LogP contribution in [0, 0.1) is 5.82 Å². The number of benzene rings is 1. The Kier molecular flexibility index (Phi) is 6.02. The van der Waals surface area contributed by atoms with Crippen LogP contribution in [0.1, 0.15) is 18.7 Å². The van der Waals surface area contributed by atoms with E-state index in [-0.39, 0.29) is 18.1 Å². The Labute approximate surface area is 127 Å². The van der Waals surface area contributed by atoms with Gasteiger partial charge in [-0.25, -0.2) is 4.39 Å². The zero-order chi connectivity index (χ0) is 15.8. The van der Waals surface area contributed by atoms with Crippen molar-refractivity contribution in [2.75, 3.05) is 20.3 Å². The predicted octanol–water partition coefficient (Wildman–Crippen LogP) is 1.96. The minimum Gasteiger partial charge on any atom is -0.385 e. The van der Waals surface area contributed by atoms with Crippen LogP contribution < -0.4 is 5.32 Å². The van der Waals surface area contributed by atoms with Crippen molar-refractivity contribution in [1.82, 2.24) is 15.5 Å². The third kappa shape index (κ3) is 4.92. The van der Waals surface area contributed by atoms with Gasteiger partial charge in [0.2, 0.25) is 17.6 Å². The Bertz CT molecular complexity index is 616. The number of halogens is 1. The fourth-order valence-corrected chi connectivity index (χ4v) is 1.85. The second-order valence-electron chi connectivity index (χ2n) is 4.72. The Balaban J connectivity index is 1.81. The van der Waals surface area contributed by atoms with Gasteiger partial charge in [-0.15, -0.1) is 0 Å². The lowest BCUT2D eigenvalue weighted by atomic mass is 10.2. The van der Waals surface area contributed by atoms with Gasteiger partial charge in [-0.1, -0.05) is 17.3 Å². The molecule has 118 valence electrons. The van der Waals surface area contributed by atoms with Crippen molar-refractivity contribution in [2.45, 2.75) is 19.3 Å². The van der Waals surface area contributed by atoms with Crippen molar-refractivity contribution in [3.8, 4) is 11.4 Å². The lowest BCUT2D eigenvalue weighted by Gasteiger charge is -2.02. The lowest BCUT2D eigenvalue weighted by molar-refractivity contribution is -0.121. The molecule has 0 spiro atoms. The SMILES string of the molecule is COCCCNC(=O)CCc1nc(-c2cccc(F)c2)no1. The minimum absolute atomic E-state index is 0.0818. The van der Waals surface area contributed by atoms with Gasteiger partial charge in [-0.2, -0.15) is 4.98 Å². The summed E-state index contributed by atoms with van der Waals surface area (Å²) in [5.41, 5.74) is 0.541. The number of aromatic nitrogens is 2. The average Bonchev–Trinajstić information content (AvgIpc) is 2.98. The molecule has 6 nitrogen and oxygen atoms in total. The molecular weight excluding hydrogens is 289 g/mol. The largest absolute Gasteiger partial charge is 0.385 e. The molecule has 0 unspecified atom stereocenters. The highest BCUT2D eigenvalue weighted by molar-refractivity contribution is 5.75. The number of rotatable bonds is 8. The van der Waals surface area contributed by atoms with E-state index in [1.54, 1.807) is 19.2 Å². The number of nitrogens with one attached hydrogen (secondary N) is 1. The van der Waals surface area contributed by atoms with Gasteiger partial charge in [0, 0.05) is 38.7 Å². The molecule has 0 atom stereocenters. The first-order chi connectivity index (χ1) is 10.7. The van der Waals surface area contributed by atoms with Crippen LogP contribution >= 0.6 is 0 Å². The van der Waals surface area contributed by atoms with Gasteiger partial charge in [-0.05, 0) is 18.6 Å². The van der Waals surface area contributed by atoms with E-state index in [2.05, 4.69) is 15.5 Å². The van der Waals surface area contributed by atoms with Crippen molar-refractivity contribution < 1.29 is 18.4 Å². The molecule has 0 saturated heterocycles. The maximum Gasteiger partial charge on any atom is 0.227 e. The van der Waals surface area contributed by atoms with Gasteiger partial charge in [0.25, 0.3) is 0 Å². The molecular formula is C15H18FN3O3. The quantitative estimate of drug-likeness (QED) is 0.754. The molecule has 0 aliphatic carbocycles. The van der Waals surface area contributed by atoms with Gasteiger partial charge >= 0.3 is 0 Å². The van der Waals surface area contributed by atoms with Crippen molar-refractivity contribution >= 4 is 5.91 Å². The summed E-state index contributed by atoms with van der Waals surface area (Å²) >= 11 is 0. The van der Waals surface area contributed by atoms with Crippen LogP contribution in [0.15, 0.2) is 28.8 Å². The Morgan fingerprint density at radius 3 is 3.09 bits per heavy atom. The highest BCUT2D eigenvalue weighted by Gasteiger charge is 2.11. The number of nitrogens with zero attached hydrogens (tertiary/aromatic N) is 2. The smallest absolute Gasteiger partial charge is 0.227 e. The molecule has 22 heavy (non-hydrogen) atoms. The summed E-state index contributed by atoms with van der Waals surface area (Å²) in [5, 5.41) is 6.57. The normalized spacial score (nSPS) is 10.6. The fraction of sp³-hybridized carbons (Fsp3) is 0.400. The van der Waals surface area contributed by atoms with E-state index in [1.807, 2.05) is 0 Å². The second kappa shape index (κ2) is 8.23. The summed E-state index contributed by atoms with van der Waals surface area (Å²) in [6.07, 6.45) is 1.38. The summed E-state index contributed by atoms with van der Waals surface area (Å²) < 4.78 is 23.1. The Morgan fingerprint density at radius 2 is 2.32 bits per heavy atom. The summed E-state index contributed by atoms with van der Waals surface area (Å²) in [6, 6.07) is 5.95. The van der Waals surface area contributed by atoms with E-state index in [1.165, 1.54) is 12.1 Å². The number of carbonyl (C=O) groups excluding carboxylic acids is 1. The minimum atomic E-state index is -0.362. The van der Waals surface area contributed by atoms with Crippen LogP contribution in [0.3, 0.4) is 0 Å². The van der Waals surface area contributed by atoms with Crippen LogP contribution in [0.5, 0.6) is 0 Å². The van der Waals surface area contributed by atoms with Crippen molar-refractivity contribution in [3.63, 3.8) is 0 Å². The molecule has 2 rings (SSSR count). The molecule has 1 N–H and O–H groups in total. The maximum atomic E-state index is 13.1. The van der Waals surface area contributed by atoms with E-state index in [0.717, 1.165) is 6.42 Å². The number of carbonyl (C=O) groups is 1. The van der Waals surface area contributed by atoms with Crippen molar-refractivity contribution in [2.24, 2.45) is 0 Å². The second-order valence-corrected chi connectivity index (χ2v) is 4.72. The predicted molar refractivity (Wildman–Crippen MR) is 77.5 cm³/mol. The maximum absolute atomic E-state index is 13.1. The third-order valence-electron chi connectivity index (χ3n) is 2.96. The number of ether oxygens (including phenoxy) is 1. The first-order valence-corrected chi connectivity index (χ1v) is 7.03. The van der Waals surface area contributed by atoms with E-state index in [0.29, 0.717) is 36.9 Å². The summed E-state index contributed by atoms with van der Waals surface area (Å²) in [4.78, 5) is 15.8. The zero-order valence-electron chi connectivity index (χ0n) is 12.3. The number of hydrogen-bond acceptors (Lipinski definition) is 5. The first kappa shape index (κ1) is 16.1. The molecule has 0 fully saturated rings. The van der Waals surface area contributed by atoms with E-state index in [4.69, 9.17) is 9.26 Å². The van der Waals surface area contributed by atoms with E-state index >= 15 is 0 Å².